The molecule has 0 amide bonds. The highest BCUT2D eigenvalue weighted by molar-refractivity contribution is 5.76. The quantitative estimate of drug-likeness (QED) is 0.766. The topological polar surface area (TPSA) is 43.8 Å². The Morgan fingerprint density at radius 2 is 2.20 bits per heavy atom. The molecule has 0 unspecified atom stereocenters. The number of benzene rings is 1. The summed E-state index contributed by atoms with van der Waals surface area (Å²) in [4.78, 5) is 4.36. The van der Waals surface area contributed by atoms with Crippen molar-refractivity contribution in [3.8, 4) is 0 Å². The molecule has 1 heterocycles. The number of nitrogens with zero attached hydrogens (tertiary/aromatic N) is 2. The van der Waals surface area contributed by atoms with Crippen LogP contribution in [0.5, 0.6) is 0 Å². The van der Waals surface area contributed by atoms with Gasteiger partial charge in [-0.05, 0) is 37.0 Å². The van der Waals surface area contributed by atoms with E-state index in [4.69, 9.17) is 5.73 Å². The van der Waals surface area contributed by atoms with Crippen LogP contribution in [0.25, 0.3) is 11.0 Å². The van der Waals surface area contributed by atoms with Gasteiger partial charge in [0.1, 0.15) is 0 Å². The van der Waals surface area contributed by atoms with Crippen LogP contribution >= 0.6 is 0 Å². The summed E-state index contributed by atoms with van der Waals surface area (Å²) < 4.78 is 2.03. The molecule has 3 heteroatoms. The largest absolute Gasteiger partial charge is 0.334 e. The molecule has 0 atom stereocenters. The van der Waals surface area contributed by atoms with Crippen LogP contribution in [0, 0.1) is 0 Å². The third-order valence-electron chi connectivity index (χ3n) is 3.55. The molecule has 0 bridgehead atoms. The van der Waals surface area contributed by atoms with Crippen LogP contribution in [-0.2, 0) is 12.6 Å². The number of hydrogen-bond acceptors (Lipinski definition) is 2. The van der Waals surface area contributed by atoms with E-state index in [1.165, 1.54) is 17.5 Å². The lowest BCUT2D eigenvalue weighted by Crippen LogP contribution is -2.43. The zero-order valence-electron chi connectivity index (χ0n) is 8.90. The second kappa shape index (κ2) is 2.83. The maximum Gasteiger partial charge on any atom is 0.0955 e. The van der Waals surface area contributed by atoms with Crippen molar-refractivity contribution in [3.63, 3.8) is 0 Å². The van der Waals surface area contributed by atoms with E-state index in [1.54, 1.807) is 0 Å². The number of aromatic nitrogens is 2. The Kier molecular flexibility index (Phi) is 1.68. The van der Waals surface area contributed by atoms with Gasteiger partial charge in [-0.1, -0.05) is 6.07 Å². The fourth-order valence-corrected chi connectivity index (χ4v) is 2.29. The van der Waals surface area contributed by atoms with Gasteiger partial charge in [0, 0.05) is 12.6 Å². The first kappa shape index (κ1) is 8.92. The average molecular weight is 201 g/mol. The smallest absolute Gasteiger partial charge is 0.0955 e. The second-order valence-electron chi connectivity index (χ2n) is 4.57. The summed E-state index contributed by atoms with van der Waals surface area (Å²) in [5.41, 5.74) is 9.66. The minimum atomic E-state index is -0.0777. The summed E-state index contributed by atoms with van der Waals surface area (Å²) >= 11 is 0. The summed E-state index contributed by atoms with van der Waals surface area (Å²) in [5, 5.41) is 0. The van der Waals surface area contributed by atoms with E-state index < -0.39 is 0 Å². The lowest BCUT2D eigenvalue weighted by atomic mass is 9.73. The van der Waals surface area contributed by atoms with E-state index >= 15 is 0 Å². The van der Waals surface area contributed by atoms with Gasteiger partial charge in [-0.2, -0.15) is 0 Å². The molecule has 78 valence electrons. The minimum Gasteiger partial charge on any atom is -0.334 e. The molecule has 2 N–H and O–H groups in total. The van der Waals surface area contributed by atoms with E-state index in [1.807, 2.05) is 17.9 Å². The van der Waals surface area contributed by atoms with Gasteiger partial charge in [0.15, 0.2) is 0 Å². The first-order chi connectivity index (χ1) is 7.19. The molecule has 0 spiro atoms. The van der Waals surface area contributed by atoms with Crippen molar-refractivity contribution < 1.29 is 0 Å². The molecule has 0 saturated heterocycles. The summed E-state index contributed by atoms with van der Waals surface area (Å²) in [6, 6.07) is 6.39. The molecule has 3 nitrogen and oxygen atoms in total. The van der Waals surface area contributed by atoms with Gasteiger partial charge in [0.25, 0.3) is 0 Å². The standard InChI is InChI=1S/C12H15N3/c1-15-8-14-10-7-9(3-4-11(10)15)12(13)5-2-6-12/h3-4,7-8H,2,5-6,13H2,1H3. The van der Waals surface area contributed by atoms with Gasteiger partial charge >= 0.3 is 0 Å². The van der Waals surface area contributed by atoms with Crippen molar-refractivity contribution in [2.75, 3.05) is 0 Å². The Morgan fingerprint density at radius 3 is 2.87 bits per heavy atom. The summed E-state index contributed by atoms with van der Waals surface area (Å²) in [6.07, 6.45) is 5.30. The third-order valence-corrected chi connectivity index (χ3v) is 3.55. The van der Waals surface area contributed by atoms with Crippen LogP contribution in [0.3, 0.4) is 0 Å². The number of nitrogens with two attached hydrogens (primary N) is 1. The number of imidazole rings is 1. The van der Waals surface area contributed by atoms with Gasteiger partial charge in [-0.3, -0.25) is 0 Å². The molecule has 3 rings (SSSR count). The average Bonchev–Trinajstić information content (AvgIpc) is 2.56. The number of rotatable bonds is 1. The highest BCUT2D eigenvalue weighted by Crippen LogP contribution is 2.39. The van der Waals surface area contributed by atoms with Crippen LogP contribution < -0.4 is 5.73 Å². The van der Waals surface area contributed by atoms with Crippen LogP contribution in [0.1, 0.15) is 24.8 Å². The molecule has 0 aliphatic heterocycles. The monoisotopic (exact) mass is 201 g/mol. The molecule has 1 fully saturated rings. The lowest BCUT2D eigenvalue weighted by molar-refractivity contribution is 0.254. The van der Waals surface area contributed by atoms with Gasteiger partial charge in [-0.25, -0.2) is 4.98 Å². The SMILES string of the molecule is Cn1cnc2cc(C3(N)CCC3)ccc21. The Hall–Kier alpha value is -1.35. The van der Waals surface area contributed by atoms with E-state index in [-0.39, 0.29) is 5.54 Å². The molecule has 15 heavy (non-hydrogen) atoms. The molecule has 1 aliphatic rings. The normalized spacial score (nSPS) is 19.1. The predicted molar refractivity (Wildman–Crippen MR) is 60.4 cm³/mol. The molecular formula is C12H15N3. The van der Waals surface area contributed by atoms with Crippen molar-refractivity contribution in [3.05, 3.63) is 30.1 Å². The van der Waals surface area contributed by atoms with E-state index in [0.29, 0.717) is 0 Å². The van der Waals surface area contributed by atoms with Gasteiger partial charge < -0.3 is 10.3 Å². The van der Waals surface area contributed by atoms with Gasteiger partial charge in [0.05, 0.1) is 17.4 Å². The van der Waals surface area contributed by atoms with Crippen LogP contribution in [-0.4, -0.2) is 9.55 Å². The molecule has 1 aliphatic carbocycles. The maximum absolute atomic E-state index is 6.29. The summed E-state index contributed by atoms with van der Waals surface area (Å²) in [5.74, 6) is 0. The zero-order valence-corrected chi connectivity index (χ0v) is 8.90. The fourth-order valence-electron chi connectivity index (χ4n) is 2.29. The Bertz CT molecular complexity index is 509. The van der Waals surface area contributed by atoms with Gasteiger partial charge in [0.2, 0.25) is 0 Å². The Balaban J connectivity index is 2.14. The second-order valence-corrected chi connectivity index (χ2v) is 4.57. The van der Waals surface area contributed by atoms with Crippen LogP contribution in [0.2, 0.25) is 0 Å². The highest BCUT2D eigenvalue weighted by atomic mass is 15.0. The highest BCUT2D eigenvalue weighted by Gasteiger charge is 2.34. The third kappa shape index (κ3) is 1.20. The lowest BCUT2D eigenvalue weighted by Gasteiger charge is -2.38. The number of aryl methyl sites for hydroxylation is 1. The van der Waals surface area contributed by atoms with Crippen molar-refractivity contribution in [2.45, 2.75) is 24.8 Å². The van der Waals surface area contributed by atoms with Crippen LogP contribution in [0.15, 0.2) is 24.5 Å². The minimum absolute atomic E-state index is 0.0777. The fraction of sp³-hybridized carbons (Fsp3) is 0.417. The molecule has 1 aromatic heterocycles. The predicted octanol–water partition coefficient (Wildman–Crippen LogP) is 1.91. The number of fused-ring (bicyclic) bond motifs is 1. The van der Waals surface area contributed by atoms with Crippen molar-refractivity contribution in [2.24, 2.45) is 12.8 Å². The summed E-state index contributed by atoms with van der Waals surface area (Å²) in [6.45, 7) is 0. The van der Waals surface area contributed by atoms with E-state index in [0.717, 1.165) is 18.4 Å². The van der Waals surface area contributed by atoms with E-state index in [9.17, 15) is 0 Å². The summed E-state index contributed by atoms with van der Waals surface area (Å²) in [7, 11) is 2.01. The Morgan fingerprint density at radius 1 is 1.40 bits per heavy atom. The zero-order chi connectivity index (χ0) is 10.5. The molecule has 2 aromatic rings. The molecule has 1 saturated carbocycles. The van der Waals surface area contributed by atoms with Gasteiger partial charge in [-0.15, -0.1) is 0 Å². The molecule has 0 radical (unpaired) electrons. The molecular weight excluding hydrogens is 186 g/mol. The maximum atomic E-state index is 6.29. The number of hydrogen-bond donors (Lipinski definition) is 1. The van der Waals surface area contributed by atoms with Crippen LogP contribution in [0.4, 0.5) is 0 Å². The van der Waals surface area contributed by atoms with Crippen molar-refractivity contribution in [1.82, 2.24) is 9.55 Å². The first-order valence-electron chi connectivity index (χ1n) is 5.39. The van der Waals surface area contributed by atoms with Crippen molar-refractivity contribution >= 4 is 11.0 Å². The first-order valence-corrected chi connectivity index (χ1v) is 5.39. The van der Waals surface area contributed by atoms with E-state index in [2.05, 4.69) is 23.2 Å². The van der Waals surface area contributed by atoms with Crippen molar-refractivity contribution in [1.29, 1.82) is 0 Å². The molecule has 1 aromatic carbocycles. The Labute approximate surface area is 88.9 Å².